The molecule has 0 spiro atoms. The van der Waals surface area contributed by atoms with E-state index in [1.165, 1.54) is 0 Å². The predicted octanol–water partition coefficient (Wildman–Crippen LogP) is -0.0136. The summed E-state index contributed by atoms with van der Waals surface area (Å²) >= 11 is 0. The van der Waals surface area contributed by atoms with Crippen LogP contribution in [0.3, 0.4) is 0 Å². The minimum absolute atomic E-state index is 0.165. The van der Waals surface area contributed by atoms with E-state index in [9.17, 15) is 13.2 Å². The summed E-state index contributed by atoms with van der Waals surface area (Å²) in [5.74, 6) is -1.42. The van der Waals surface area contributed by atoms with E-state index in [4.69, 9.17) is 5.73 Å². The van der Waals surface area contributed by atoms with E-state index in [0.717, 1.165) is 0 Å². The number of sulfonamides is 1. The molecule has 0 heterocycles. The van der Waals surface area contributed by atoms with E-state index in [-0.39, 0.29) is 13.2 Å². The van der Waals surface area contributed by atoms with Crippen molar-refractivity contribution in [3.8, 4) is 0 Å². The number of hydrogen-bond donors (Lipinski definition) is 2. The SMILES string of the molecule is CCOC(=O)CS(=O)(=O)NC(CC)(CC)CN. The first kappa shape index (κ1) is 16.3. The topological polar surface area (TPSA) is 98.5 Å². The molecule has 0 radical (unpaired) electrons. The summed E-state index contributed by atoms with van der Waals surface area (Å²) < 4.78 is 30.6. The lowest BCUT2D eigenvalue weighted by molar-refractivity contribution is -0.139. The van der Waals surface area contributed by atoms with Crippen LogP contribution in [0, 0.1) is 0 Å². The zero-order valence-corrected chi connectivity index (χ0v) is 11.5. The molecule has 6 nitrogen and oxygen atoms in total. The maximum atomic E-state index is 11.7. The Kier molecular flexibility index (Phi) is 6.66. The lowest BCUT2D eigenvalue weighted by Crippen LogP contribution is -2.53. The van der Waals surface area contributed by atoms with Crippen LogP contribution in [0.2, 0.25) is 0 Å². The van der Waals surface area contributed by atoms with Crippen molar-refractivity contribution in [3.05, 3.63) is 0 Å². The van der Waals surface area contributed by atoms with Crippen molar-refractivity contribution in [1.82, 2.24) is 4.72 Å². The minimum atomic E-state index is -3.70. The number of carbonyl (C=O) groups is 1. The lowest BCUT2D eigenvalue weighted by atomic mass is 9.95. The Balaban J connectivity index is 4.68. The standard InChI is InChI=1S/C10H22N2O4S/c1-4-10(5-2,8-11)12-17(14,15)7-9(13)16-6-3/h12H,4-8,11H2,1-3H3. The molecule has 7 heteroatoms. The molecule has 0 saturated carbocycles. The molecule has 102 valence electrons. The van der Waals surface area contributed by atoms with Crippen molar-refractivity contribution in [2.45, 2.75) is 39.2 Å². The smallest absolute Gasteiger partial charge is 0.322 e. The fraction of sp³-hybridized carbons (Fsp3) is 0.900. The number of esters is 1. The molecule has 0 aromatic rings. The van der Waals surface area contributed by atoms with E-state index in [2.05, 4.69) is 9.46 Å². The Bertz CT molecular complexity index is 328. The van der Waals surface area contributed by atoms with Gasteiger partial charge in [0.15, 0.2) is 5.75 Å². The highest BCUT2D eigenvalue weighted by Gasteiger charge is 2.31. The Morgan fingerprint density at radius 3 is 2.18 bits per heavy atom. The van der Waals surface area contributed by atoms with Crippen molar-refractivity contribution in [3.63, 3.8) is 0 Å². The van der Waals surface area contributed by atoms with Gasteiger partial charge in [0.1, 0.15) is 0 Å². The average Bonchev–Trinajstić information content (AvgIpc) is 2.25. The normalized spacial score (nSPS) is 12.5. The van der Waals surface area contributed by atoms with Crippen molar-refractivity contribution >= 4 is 16.0 Å². The zero-order chi connectivity index (χ0) is 13.5. The van der Waals surface area contributed by atoms with Crippen LogP contribution in [0.25, 0.3) is 0 Å². The Labute approximate surface area is 103 Å². The van der Waals surface area contributed by atoms with Crippen molar-refractivity contribution in [2.24, 2.45) is 5.73 Å². The summed E-state index contributed by atoms with van der Waals surface area (Å²) in [6, 6.07) is 0. The molecule has 17 heavy (non-hydrogen) atoms. The molecule has 0 aromatic heterocycles. The van der Waals surface area contributed by atoms with E-state index >= 15 is 0 Å². The fourth-order valence-corrected chi connectivity index (χ4v) is 2.95. The number of hydrogen-bond acceptors (Lipinski definition) is 5. The molecule has 0 aliphatic rings. The predicted molar refractivity (Wildman–Crippen MR) is 65.9 cm³/mol. The van der Waals surface area contributed by atoms with Crippen LogP contribution in [0.4, 0.5) is 0 Å². The highest BCUT2D eigenvalue weighted by atomic mass is 32.2. The van der Waals surface area contributed by atoms with E-state index in [1.54, 1.807) is 6.92 Å². The van der Waals surface area contributed by atoms with Gasteiger partial charge in [0, 0.05) is 12.1 Å². The van der Waals surface area contributed by atoms with E-state index in [0.29, 0.717) is 12.8 Å². The highest BCUT2D eigenvalue weighted by molar-refractivity contribution is 7.90. The highest BCUT2D eigenvalue weighted by Crippen LogP contribution is 2.14. The number of rotatable bonds is 8. The van der Waals surface area contributed by atoms with Crippen LogP contribution in [-0.2, 0) is 19.6 Å². The first-order valence-corrected chi connectivity index (χ1v) is 7.37. The molecule has 0 aromatic carbocycles. The van der Waals surface area contributed by atoms with E-state index < -0.39 is 27.3 Å². The van der Waals surface area contributed by atoms with Gasteiger partial charge in [0.2, 0.25) is 10.0 Å². The second-order valence-corrected chi connectivity index (χ2v) is 5.58. The molecule has 0 aliphatic heterocycles. The van der Waals surface area contributed by atoms with E-state index in [1.807, 2.05) is 13.8 Å². The summed E-state index contributed by atoms with van der Waals surface area (Å²) in [5.41, 5.74) is 4.91. The van der Waals surface area contributed by atoms with Gasteiger partial charge in [-0.2, -0.15) is 0 Å². The van der Waals surface area contributed by atoms with Gasteiger partial charge in [-0.25, -0.2) is 13.1 Å². The van der Waals surface area contributed by atoms with Crippen molar-refractivity contribution < 1.29 is 17.9 Å². The third kappa shape index (κ3) is 5.47. The van der Waals surface area contributed by atoms with Crippen LogP contribution in [0.15, 0.2) is 0 Å². The quantitative estimate of drug-likeness (QED) is 0.602. The van der Waals surface area contributed by atoms with Gasteiger partial charge in [0.05, 0.1) is 6.61 Å². The van der Waals surface area contributed by atoms with Crippen LogP contribution in [0.1, 0.15) is 33.6 Å². The number of nitrogens with two attached hydrogens (primary N) is 1. The number of nitrogens with one attached hydrogen (secondary N) is 1. The molecule has 0 unspecified atom stereocenters. The van der Waals surface area contributed by atoms with Gasteiger partial charge >= 0.3 is 5.97 Å². The van der Waals surface area contributed by atoms with Crippen LogP contribution < -0.4 is 10.5 Å². The van der Waals surface area contributed by atoms with Gasteiger partial charge in [0.25, 0.3) is 0 Å². The Morgan fingerprint density at radius 2 is 1.82 bits per heavy atom. The molecule has 0 fully saturated rings. The fourth-order valence-electron chi connectivity index (χ4n) is 1.45. The largest absolute Gasteiger partial charge is 0.465 e. The molecular formula is C10H22N2O4S. The van der Waals surface area contributed by atoms with Crippen LogP contribution in [-0.4, -0.2) is 38.8 Å². The summed E-state index contributed by atoms with van der Waals surface area (Å²) in [5, 5.41) is 0. The van der Waals surface area contributed by atoms with Gasteiger partial charge in [-0.15, -0.1) is 0 Å². The molecule has 0 bridgehead atoms. The second kappa shape index (κ2) is 6.93. The maximum Gasteiger partial charge on any atom is 0.322 e. The molecule has 0 amide bonds. The number of carbonyl (C=O) groups excluding carboxylic acids is 1. The van der Waals surface area contributed by atoms with Gasteiger partial charge < -0.3 is 10.5 Å². The third-order valence-corrected chi connectivity index (χ3v) is 4.09. The lowest BCUT2D eigenvalue weighted by Gasteiger charge is -2.30. The maximum absolute atomic E-state index is 11.7. The van der Waals surface area contributed by atoms with Gasteiger partial charge in [-0.05, 0) is 19.8 Å². The summed E-state index contributed by atoms with van der Waals surface area (Å²) in [7, 11) is -3.70. The summed E-state index contributed by atoms with van der Waals surface area (Å²) in [6.07, 6.45) is 1.14. The van der Waals surface area contributed by atoms with Gasteiger partial charge in [-0.1, -0.05) is 13.8 Å². The van der Waals surface area contributed by atoms with Crippen molar-refractivity contribution in [1.29, 1.82) is 0 Å². The molecule has 0 aliphatic carbocycles. The second-order valence-electron chi connectivity index (χ2n) is 3.86. The van der Waals surface area contributed by atoms with Crippen molar-refractivity contribution in [2.75, 3.05) is 18.9 Å². The summed E-state index contributed by atoms with van der Waals surface area (Å²) in [4.78, 5) is 11.1. The summed E-state index contributed by atoms with van der Waals surface area (Å²) in [6.45, 7) is 5.69. The number of ether oxygens (including phenoxy) is 1. The van der Waals surface area contributed by atoms with Crippen LogP contribution >= 0.6 is 0 Å². The minimum Gasteiger partial charge on any atom is -0.465 e. The molecule has 0 rings (SSSR count). The monoisotopic (exact) mass is 266 g/mol. The molecule has 0 atom stereocenters. The zero-order valence-electron chi connectivity index (χ0n) is 10.7. The molecular weight excluding hydrogens is 244 g/mol. The first-order chi connectivity index (χ1) is 7.84. The Hall–Kier alpha value is -0.660. The first-order valence-electron chi connectivity index (χ1n) is 5.72. The average molecular weight is 266 g/mol. The Morgan fingerprint density at radius 1 is 1.29 bits per heavy atom. The third-order valence-electron chi connectivity index (χ3n) is 2.73. The van der Waals surface area contributed by atoms with Crippen LogP contribution in [0.5, 0.6) is 0 Å². The van der Waals surface area contributed by atoms with Gasteiger partial charge in [-0.3, -0.25) is 4.79 Å². The molecule has 3 N–H and O–H groups in total. The molecule has 0 saturated heterocycles.